The van der Waals surface area contributed by atoms with Crippen molar-refractivity contribution in [3.8, 4) is 0 Å². The largest absolute Gasteiger partial charge is 0.481 e. The zero-order valence-corrected chi connectivity index (χ0v) is 19.0. The normalized spacial score (nSPS) is 12.9. The highest BCUT2D eigenvalue weighted by molar-refractivity contribution is 5.95. The van der Waals surface area contributed by atoms with Gasteiger partial charge in [0.2, 0.25) is 17.7 Å². The van der Waals surface area contributed by atoms with Crippen LogP contribution in [-0.2, 0) is 30.4 Å². The van der Waals surface area contributed by atoms with Crippen LogP contribution >= 0.6 is 0 Å². The second kappa shape index (κ2) is 14.8. The molecule has 0 spiro atoms. The predicted octanol–water partition coefficient (Wildman–Crippen LogP) is -2.74. The molecule has 0 aromatic heterocycles. The number of rotatable bonds is 15. The van der Waals surface area contributed by atoms with E-state index in [9.17, 15) is 29.1 Å². The number of amides is 3. The summed E-state index contributed by atoms with van der Waals surface area (Å²) in [5.74, 6) is -5.28. The molecule has 14 nitrogen and oxygen atoms in total. The molecule has 0 aliphatic heterocycles. The summed E-state index contributed by atoms with van der Waals surface area (Å²) in [6, 6.07) is 4.74. The SMILES string of the molecule is NC(N)=NCCCC(N)C(=O)NC(CC(=O)O)C(=O)NC(Cc1ccccc1)C(=O)NCC(=O)O. The summed E-state index contributed by atoms with van der Waals surface area (Å²) in [6.45, 7) is -0.445. The van der Waals surface area contributed by atoms with E-state index in [1.165, 1.54) is 0 Å². The molecule has 0 saturated carbocycles. The maximum absolute atomic E-state index is 12.8. The molecule has 0 fully saturated rings. The summed E-state index contributed by atoms with van der Waals surface area (Å²) in [5, 5.41) is 24.9. The third-order valence-corrected chi connectivity index (χ3v) is 4.65. The van der Waals surface area contributed by atoms with Crippen molar-refractivity contribution in [2.45, 2.75) is 43.8 Å². The van der Waals surface area contributed by atoms with E-state index in [4.69, 9.17) is 22.3 Å². The van der Waals surface area contributed by atoms with Crippen LogP contribution in [0.4, 0.5) is 0 Å². The van der Waals surface area contributed by atoms with E-state index in [0.717, 1.165) is 0 Å². The molecule has 3 amide bonds. The van der Waals surface area contributed by atoms with Gasteiger partial charge in [-0.05, 0) is 18.4 Å². The Hall–Kier alpha value is -4.20. The van der Waals surface area contributed by atoms with Gasteiger partial charge in [-0.1, -0.05) is 30.3 Å². The second-order valence-corrected chi connectivity index (χ2v) is 7.58. The van der Waals surface area contributed by atoms with Crippen molar-refractivity contribution in [1.29, 1.82) is 0 Å². The predicted molar refractivity (Wildman–Crippen MR) is 125 cm³/mol. The summed E-state index contributed by atoms with van der Waals surface area (Å²) in [5.41, 5.74) is 16.9. The van der Waals surface area contributed by atoms with E-state index in [-0.39, 0.29) is 25.3 Å². The number of carbonyl (C=O) groups excluding carboxylic acids is 3. The van der Waals surface area contributed by atoms with E-state index >= 15 is 0 Å². The summed E-state index contributed by atoms with van der Waals surface area (Å²) >= 11 is 0. The van der Waals surface area contributed by atoms with Gasteiger partial charge in [-0.2, -0.15) is 0 Å². The van der Waals surface area contributed by atoms with Gasteiger partial charge in [-0.25, -0.2) is 0 Å². The van der Waals surface area contributed by atoms with Gasteiger partial charge < -0.3 is 43.4 Å². The third kappa shape index (κ3) is 12.0. The van der Waals surface area contributed by atoms with Crippen LogP contribution in [0.25, 0.3) is 0 Å². The Morgan fingerprint density at radius 1 is 0.886 bits per heavy atom. The highest BCUT2D eigenvalue weighted by Crippen LogP contribution is 2.05. The average molecular weight is 494 g/mol. The van der Waals surface area contributed by atoms with Gasteiger partial charge in [0, 0.05) is 13.0 Å². The minimum absolute atomic E-state index is 0.00389. The number of hydrogen-bond acceptors (Lipinski definition) is 7. The van der Waals surface area contributed by atoms with Crippen LogP contribution in [0.5, 0.6) is 0 Å². The maximum Gasteiger partial charge on any atom is 0.322 e. The molecule has 0 bridgehead atoms. The number of benzene rings is 1. The molecule has 35 heavy (non-hydrogen) atoms. The Morgan fingerprint density at radius 3 is 2.09 bits per heavy atom. The monoisotopic (exact) mass is 493 g/mol. The topological polar surface area (TPSA) is 252 Å². The number of carboxylic acid groups (broad SMARTS) is 2. The Morgan fingerprint density at radius 2 is 1.51 bits per heavy atom. The van der Waals surface area contributed by atoms with Gasteiger partial charge in [0.25, 0.3) is 0 Å². The molecule has 192 valence electrons. The molecular formula is C21H31N7O7. The van der Waals surface area contributed by atoms with E-state index in [1.54, 1.807) is 30.3 Å². The summed E-state index contributed by atoms with van der Waals surface area (Å²) in [6.07, 6.45) is -0.243. The lowest BCUT2D eigenvalue weighted by Crippen LogP contribution is -2.57. The number of guanidine groups is 1. The fraction of sp³-hybridized carbons (Fsp3) is 0.429. The number of aliphatic carboxylic acids is 2. The molecule has 0 saturated heterocycles. The molecule has 0 radical (unpaired) electrons. The molecule has 14 heteroatoms. The van der Waals surface area contributed by atoms with Crippen molar-refractivity contribution in [3.05, 3.63) is 35.9 Å². The number of hydrogen-bond donors (Lipinski definition) is 8. The Kier molecular flexibility index (Phi) is 12.2. The fourth-order valence-corrected chi connectivity index (χ4v) is 2.93. The first-order chi connectivity index (χ1) is 16.5. The van der Waals surface area contributed by atoms with Crippen molar-refractivity contribution in [2.24, 2.45) is 22.2 Å². The van der Waals surface area contributed by atoms with Crippen LogP contribution in [0.1, 0.15) is 24.8 Å². The zero-order chi connectivity index (χ0) is 26.4. The van der Waals surface area contributed by atoms with Crippen LogP contribution in [-0.4, -0.2) is 77.0 Å². The standard InChI is InChI=1S/C21H31N7O7/c22-13(7-4-8-25-21(23)24)18(33)27-15(10-16(29)30)20(35)28-14(19(34)26-11-17(31)32)9-12-5-2-1-3-6-12/h1-3,5-6,13-15H,4,7-11,22H2,(H,26,34)(H,27,33)(H,28,35)(H,29,30)(H,31,32)(H4,23,24,25). The molecule has 0 heterocycles. The van der Waals surface area contributed by atoms with Crippen molar-refractivity contribution in [3.63, 3.8) is 0 Å². The third-order valence-electron chi connectivity index (χ3n) is 4.65. The quantitative estimate of drug-likeness (QED) is 0.0710. The van der Waals surface area contributed by atoms with Gasteiger partial charge in [0.15, 0.2) is 5.96 Å². The number of aliphatic imine (C=N–C) groups is 1. The molecule has 3 unspecified atom stereocenters. The van der Waals surface area contributed by atoms with Gasteiger partial charge in [0.05, 0.1) is 12.5 Å². The van der Waals surface area contributed by atoms with E-state index in [2.05, 4.69) is 20.9 Å². The van der Waals surface area contributed by atoms with Crippen molar-refractivity contribution in [2.75, 3.05) is 13.1 Å². The molecule has 11 N–H and O–H groups in total. The molecular weight excluding hydrogens is 462 g/mol. The summed E-state index contributed by atoms with van der Waals surface area (Å²) in [4.78, 5) is 63.6. The molecule has 1 aromatic carbocycles. The number of nitrogens with one attached hydrogen (secondary N) is 3. The lowest BCUT2D eigenvalue weighted by molar-refractivity contribution is -0.141. The van der Waals surface area contributed by atoms with E-state index in [0.29, 0.717) is 12.0 Å². The molecule has 0 aliphatic rings. The number of nitrogens with zero attached hydrogens (tertiary/aromatic N) is 1. The zero-order valence-electron chi connectivity index (χ0n) is 19.0. The van der Waals surface area contributed by atoms with Gasteiger partial charge in [-0.3, -0.25) is 29.0 Å². The van der Waals surface area contributed by atoms with Crippen LogP contribution in [0.3, 0.4) is 0 Å². The average Bonchev–Trinajstić information content (AvgIpc) is 2.79. The highest BCUT2D eigenvalue weighted by Gasteiger charge is 2.30. The molecule has 3 atom stereocenters. The van der Waals surface area contributed by atoms with Crippen LogP contribution < -0.4 is 33.2 Å². The van der Waals surface area contributed by atoms with E-state index < -0.39 is 60.8 Å². The van der Waals surface area contributed by atoms with Crippen molar-refractivity contribution < 1.29 is 34.2 Å². The first kappa shape index (κ1) is 28.8. The minimum Gasteiger partial charge on any atom is -0.481 e. The maximum atomic E-state index is 12.8. The Labute approximate surface area is 201 Å². The van der Waals surface area contributed by atoms with Crippen molar-refractivity contribution >= 4 is 35.6 Å². The van der Waals surface area contributed by atoms with Gasteiger partial charge in [0.1, 0.15) is 18.6 Å². The Bertz CT molecular complexity index is 920. The van der Waals surface area contributed by atoms with Crippen LogP contribution in [0.2, 0.25) is 0 Å². The van der Waals surface area contributed by atoms with Crippen LogP contribution in [0, 0.1) is 0 Å². The Balaban J connectivity index is 2.91. The number of carboxylic acids is 2. The number of carbonyl (C=O) groups is 5. The smallest absolute Gasteiger partial charge is 0.322 e. The fourth-order valence-electron chi connectivity index (χ4n) is 2.93. The molecule has 0 aliphatic carbocycles. The minimum atomic E-state index is -1.53. The van der Waals surface area contributed by atoms with Crippen LogP contribution in [0.15, 0.2) is 35.3 Å². The molecule has 1 aromatic rings. The highest BCUT2D eigenvalue weighted by atomic mass is 16.4. The van der Waals surface area contributed by atoms with Gasteiger partial charge in [-0.15, -0.1) is 0 Å². The first-order valence-corrected chi connectivity index (χ1v) is 10.7. The van der Waals surface area contributed by atoms with E-state index in [1.807, 2.05) is 0 Å². The first-order valence-electron chi connectivity index (χ1n) is 10.7. The second-order valence-electron chi connectivity index (χ2n) is 7.58. The van der Waals surface area contributed by atoms with Crippen molar-refractivity contribution in [1.82, 2.24) is 16.0 Å². The molecule has 1 rings (SSSR count). The number of nitrogens with two attached hydrogens (primary N) is 3. The van der Waals surface area contributed by atoms with Gasteiger partial charge >= 0.3 is 11.9 Å². The lowest BCUT2D eigenvalue weighted by atomic mass is 10.0. The lowest BCUT2D eigenvalue weighted by Gasteiger charge is -2.23. The summed E-state index contributed by atoms with van der Waals surface area (Å²) < 4.78 is 0. The summed E-state index contributed by atoms with van der Waals surface area (Å²) in [7, 11) is 0.